The fraction of sp³-hybridized carbons (Fsp3) is 0.545. The molecule has 6 rings (SSSR count). The summed E-state index contributed by atoms with van der Waals surface area (Å²) in [6.45, 7) is -0.270. The normalized spacial score (nSPS) is 37.3. The predicted octanol–water partition coefficient (Wildman–Crippen LogP) is -4.21. The van der Waals surface area contributed by atoms with Gasteiger partial charge in [0.2, 0.25) is 29.5 Å². The van der Waals surface area contributed by atoms with Gasteiger partial charge in [-0.25, -0.2) is 0 Å². The topological polar surface area (TPSA) is 349 Å². The van der Waals surface area contributed by atoms with Crippen LogP contribution in [0.15, 0.2) is 39.5 Å². The van der Waals surface area contributed by atoms with E-state index < -0.39 is 150 Å². The van der Waals surface area contributed by atoms with Crippen molar-refractivity contribution in [1.29, 1.82) is 0 Å². The summed E-state index contributed by atoms with van der Waals surface area (Å²) in [4.78, 5) is 14.0. The number of benzene rings is 2. The molecule has 54 heavy (non-hydrogen) atoms. The lowest BCUT2D eigenvalue weighted by Gasteiger charge is -2.45. The van der Waals surface area contributed by atoms with Crippen molar-refractivity contribution in [1.82, 2.24) is 0 Å². The Kier molecular flexibility index (Phi) is 11.5. The van der Waals surface area contributed by atoms with Crippen LogP contribution in [0.4, 0.5) is 0 Å². The maximum absolute atomic E-state index is 14.0. The minimum absolute atomic E-state index is 0.0265. The van der Waals surface area contributed by atoms with E-state index in [0.717, 1.165) is 6.07 Å². The van der Waals surface area contributed by atoms with E-state index in [0.29, 0.717) is 0 Å². The third-order valence-electron chi connectivity index (χ3n) is 9.42. The van der Waals surface area contributed by atoms with Gasteiger partial charge < -0.3 is 99.2 Å². The first kappa shape index (κ1) is 39.8. The van der Waals surface area contributed by atoms with E-state index in [2.05, 4.69) is 0 Å². The summed E-state index contributed by atoms with van der Waals surface area (Å²) in [7, 11) is 0. The zero-order chi connectivity index (χ0) is 39.3. The summed E-state index contributed by atoms with van der Waals surface area (Å²) in [5.41, 5.74) is -1.86. The summed E-state index contributed by atoms with van der Waals surface area (Å²) in [6, 6.07) is 5.69. The third-order valence-corrected chi connectivity index (χ3v) is 9.42. The Morgan fingerprint density at radius 3 is 1.81 bits per heavy atom. The summed E-state index contributed by atoms with van der Waals surface area (Å²) >= 11 is 0. The quantitative estimate of drug-likeness (QED) is 0.0917. The van der Waals surface area contributed by atoms with E-state index in [-0.39, 0.29) is 11.3 Å². The Balaban J connectivity index is 1.36. The molecule has 0 radical (unpaired) electrons. The molecule has 13 N–H and O–H groups in total. The molecule has 2 aromatic carbocycles. The minimum Gasteiger partial charge on any atom is -0.508 e. The highest BCUT2D eigenvalue weighted by Gasteiger charge is 2.51. The maximum atomic E-state index is 14.0. The molecular weight excluding hydrogens is 732 g/mol. The van der Waals surface area contributed by atoms with E-state index in [4.69, 9.17) is 32.8 Å². The molecule has 0 amide bonds. The van der Waals surface area contributed by atoms with Crippen molar-refractivity contribution in [3.8, 4) is 40.1 Å². The number of hydrogen-bond donors (Lipinski definition) is 13. The summed E-state index contributed by atoms with van der Waals surface area (Å²) in [5.74, 6) is -3.91. The summed E-state index contributed by atoms with van der Waals surface area (Å²) in [5, 5.41) is 134. The third kappa shape index (κ3) is 7.15. The molecule has 4 heterocycles. The van der Waals surface area contributed by atoms with Gasteiger partial charge in [0, 0.05) is 11.6 Å². The van der Waals surface area contributed by atoms with Crippen LogP contribution >= 0.6 is 0 Å². The number of rotatable bonds is 9. The lowest BCUT2D eigenvalue weighted by Crippen LogP contribution is -2.64. The lowest BCUT2D eigenvalue weighted by atomic mass is 9.97. The first-order valence-corrected chi connectivity index (χ1v) is 16.5. The van der Waals surface area contributed by atoms with E-state index in [9.17, 15) is 71.2 Å². The molecule has 3 fully saturated rings. The lowest BCUT2D eigenvalue weighted by molar-refractivity contribution is -0.350. The number of aromatic hydroxyl groups is 3. The highest BCUT2D eigenvalue weighted by molar-refractivity contribution is 5.93. The van der Waals surface area contributed by atoms with Crippen LogP contribution in [-0.4, -0.2) is 172 Å². The number of aliphatic hydroxyl groups is 10. The number of hydrogen-bond acceptors (Lipinski definition) is 21. The molecular formula is C33H40O21. The SMILES string of the molecule is CC1OC(Oc2cc(O)c3c(=O)c(OC4OC(CO)C(O)C(O)C4O)c(-c4ccc(O)cc4)oc3c2O)C(O)C(OC2OC(CO)C(O)C(O)C2O)C1O. The van der Waals surface area contributed by atoms with Gasteiger partial charge in [0.25, 0.3) is 0 Å². The maximum Gasteiger partial charge on any atom is 0.239 e. The van der Waals surface area contributed by atoms with Gasteiger partial charge in [-0.15, -0.1) is 0 Å². The molecule has 0 spiro atoms. The Bertz CT molecular complexity index is 1830. The Labute approximate surface area is 303 Å². The van der Waals surface area contributed by atoms with Crippen molar-refractivity contribution in [2.24, 2.45) is 0 Å². The van der Waals surface area contributed by atoms with Gasteiger partial charge in [-0.3, -0.25) is 4.79 Å². The molecule has 3 aromatic rings. The fourth-order valence-corrected chi connectivity index (χ4v) is 6.29. The van der Waals surface area contributed by atoms with Crippen LogP contribution < -0.4 is 14.9 Å². The van der Waals surface area contributed by atoms with E-state index in [1.807, 2.05) is 0 Å². The van der Waals surface area contributed by atoms with Crippen molar-refractivity contribution in [3.05, 3.63) is 40.6 Å². The number of ether oxygens (including phenoxy) is 6. The van der Waals surface area contributed by atoms with Crippen LogP contribution in [0.1, 0.15) is 6.92 Å². The average molecular weight is 773 g/mol. The van der Waals surface area contributed by atoms with E-state index in [1.165, 1.54) is 31.2 Å². The Morgan fingerprint density at radius 2 is 1.22 bits per heavy atom. The predicted molar refractivity (Wildman–Crippen MR) is 173 cm³/mol. The van der Waals surface area contributed by atoms with Crippen molar-refractivity contribution in [3.63, 3.8) is 0 Å². The van der Waals surface area contributed by atoms with Crippen molar-refractivity contribution >= 4 is 11.0 Å². The Hall–Kier alpha value is -3.91. The standard InChI is InChI=1S/C33H40O21/c1-9-17(38)29(53-31-24(45)22(43)18(39)14(7-34)50-31)26(47)33(48-9)49-13-6-12(37)16-21(42)30(54-32-25(46)23(44)19(40)15(8-35)51-32)27(52-28(16)20(13)41)10-2-4-11(36)5-3-10/h2-6,9,14-15,17-19,22-26,29,31-41,43-47H,7-8H2,1H3. The first-order valence-electron chi connectivity index (χ1n) is 16.5. The van der Waals surface area contributed by atoms with Gasteiger partial charge in [0.05, 0.1) is 19.3 Å². The molecule has 1 aromatic heterocycles. The zero-order valence-electron chi connectivity index (χ0n) is 28.0. The van der Waals surface area contributed by atoms with Gasteiger partial charge in [0.15, 0.2) is 23.4 Å². The number of phenolic OH excluding ortho intramolecular Hbond substituents is 3. The van der Waals surface area contributed by atoms with Crippen LogP contribution in [0.3, 0.4) is 0 Å². The molecule has 0 aliphatic carbocycles. The summed E-state index contributed by atoms with van der Waals surface area (Å²) < 4.78 is 39.1. The van der Waals surface area contributed by atoms with Gasteiger partial charge in [0.1, 0.15) is 84.0 Å². The number of phenols is 3. The van der Waals surface area contributed by atoms with E-state index in [1.54, 1.807) is 0 Å². The van der Waals surface area contributed by atoms with Crippen LogP contribution in [0.5, 0.6) is 28.7 Å². The molecule has 15 atom stereocenters. The van der Waals surface area contributed by atoms with Crippen LogP contribution in [0.25, 0.3) is 22.3 Å². The van der Waals surface area contributed by atoms with Gasteiger partial charge >= 0.3 is 0 Å². The molecule has 3 aliphatic heterocycles. The smallest absolute Gasteiger partial charge is 0.239 e. The molecule has 0 saturated carbocycles. The average Bonchev–Trinajstić information content (AvgIpc) is 3.15. The minimum atomic E-state index is -1.97. The Morgan fingerprint density at radius 1 is 0.667 bits per heavy atom. The van der Waals surface area contributed by atoms with Crippen molar-refractivity contribution in [2.75, 3.05) is 13.2 Å². The second-order valence-corrected chi connectivity index (χ2v) is 13.0. The van der Waals surface area contributed by atoms with E-state index >= 15 is 0 Å². The first-order chi connectivity index (χ1) is 25.6. The van der Waals surface area contributed by atoms with Crippen LogP contribution in [0, 0.1) is 0 Å². The van der Waals surface area contributed by atoms with Crippen LogP contribution in [0.2, 0.25) is 0 Å². The number of fused-ring (bicyclic) bond motifs is 1. The van der Waals surface area contributed by atoms with Gasteiger partial charge in [-0.05, 0) is 31.2 Å². The van der Waals surface area contributed by atoms with Gasteiger partial charge in [-0.1, -0.05) is 0 Å². The molecule has 15 unspecified atom stereocenters. The highest BCUT2D eigenvalue weighted by atomic mass is 16.7. The molecule has 3 aliphatic rings. The molecule has 0 bridgehead atoms. The molecule has 21 nitrogen and oxygen atoms in total. The van der Waals surface area contributed by atoms with Crippen molar-refractivity contribution in [2.45, 2.75) is 99.0 Å². The molecule has 3 saturated heterocycles. The van der Waals surface area contributed by atoms with Crippen LogP contribution in [-0.2, 0) is 18.9 Å². The second kappa shape index (κ2) is 15.7. The molecule has 298 valence electrons. The highest BCUT2D eigenvalue weighted by Crippen LogP contribution is 2.44. The molecule has 21 heteroatoms. The largest absolute Gasteiger partial charge is 0.508 e. The monoisotopic (exact) mass is 772 g/mol. The second-order valence-electron chi connectivity index (χ2n) is 13.0. The van der Waals surface area contributed by atoms with Crippen molar-refractivity contribution < 1.29 is 99.2 Å². The fourth-order valence-electron chi connectivity index (χ4n) is 6.29. The summed E-state index contributed by atoms with van der Waals surface area (Å²) in [6.07, 6.45) is -25.9. The van der Waals surface area contributed by atoms with Gasteiger partial charge in [-0.2, -0.15) is 0 Å². The number of aliphatic hydroxyl groups excluding tert-OH is 10. The zero-order valence-corrected chi connectivity index (χ0v) is 28.0.